The first-order valence-electron chi connectivity index (χ1n) is 7.06. The summed E-state index contributed by atoms with van der Waals surface area (Å²) in [5, 5.41) is 4.30. The van der Waals surface area contributed by atoms with Gasteiger partial charge in [-0.15, -0.1) is 11.8 Å². The molecule has 0 bridgehead atoms. The quantitative estimate of drug-likeness (QED) is 0.764. The minimum Gasteiger partial charge on any atom is -0.310 e. The van der Waals surface area contributed by atoms with Crippen LogP contribution in [0, 0.1) is 12.8 Å². The lowest BCUT2D eigenvalue weighted by atomic mass is 10.1. The van der Waals surface area contributed by atoms with Crippen molar-refractivity contribution < 1.29 is 0 Å². The van der Waals surface area contributed by atoms with Gasteiger partial charge in [0.05, 0.1) is 0 Å². The van der Waals surface area contributed by atoms with Crippen molar-refractivity contribution in [3.63, 3.8) is 0 Å². The van der Waals surface area contributed by atoms with Crippen LogP contribution in [0.3, 0.4) is 0 Å². The molecule has 0 radical (unpaired) electrons. The van der Waals surface area contributed by atoms with Crippen molar-refractivity contribution in [2.45, 2.75) is 63.3 Å². The molecule has 0 saturated heterocycles. The van der Waals surface area contributed by atoms with Gasteiger partial charge in [-0.3, -0.25) is 0 Å². The Hall–Kier alpha value is -0.470. The third-order valence-electron chi connectivity index (χ3n) is 3.63. The Morgan fingerprint density at radius 1 is 1.28 bits per heavy atom. The van der Waals surface area contributed by atoms with Crippen molar-refractivity contribution in [2.75, 3.05) is 0 Å². The molecule has 0 aromatic heterocycles. The topological polar surface area (TPSA) is 12.0 Å². The van der Waals surface area contributed by atoms with Gasteiger partial charge < -0.3 is 5.32 Å². The Morgan fingerprint density at radius 3 is 2.61 bits per heavy atom. The highest BCUT2D eigenvalue weighted by Gasteiger charge is 2.20. The predicted molar refractivity (Wildman–Crippen MR) is 81.2 cm³/mol. The molecule has 0 aliphatic heterocycles. The van der Waals surface area contributed by atoms with Gasteiger partial charge in [0.25, 0.3) is 0 Å². The van der Waals surface area contributed by atoms with Crippen molar-refractivity contribution in [1.82, 2.24) is 5.32 Å². The maximum absolute atomic E-state index is 3.63. The smallest absolute Gasteiger partial charge is 0.0219 e. The number of aryl methyl sites for hydroxylation is 1. The standard InChI is InChI=1S/C16H25NS/c1-11(2)13(4)18-16-8-5-12(3)9-14(16)10-17-15-6-7-15/h5,8-9,11,13,15,17H,6-7,10H2,1-4H3. The summed E-state index contributed by atoms with van der Waals surface area (Å²) in [6.45, 7) is 10.1. The van der Waals surface area contributed by atoms with Gasteiger partial charge in [0, 0.05) is 22.7 Å². The summed E-state index contributed by atoms with van der Waals surface area (Å²) >= 11 is 2.02. The zero-order valence-corrected chi connectivity index (χ0v) is 12.8. The Bertz CT molecular complexity index is 396. The van der Waals surface area contributed by atoms with E-state index in [0.717, 1.165) is 18.5 Å². The molecule has 1 aromatic carbocycles. The van der Waals surface area contributed by atoms with E-state index in [4.69, 9.17) is 0 Å². The normalized spacial score (nSPS) is 17.2. The second kappa shape index (κ2) is 6.12. The van der Waals surface area contributed by atoms with Crippen LogP contribution in [0.2, 0.25) is 0 Å². The second-order valence-electron chi connectivity index (χ2n) is 5.83. The van der Waals surface area contributed by atoms with E-state index in [-0.39, 0.29) is 0 Å². The van der Waals surface area contributed by atoms with E-state index in [1.54, 1.807) is 0 Å². The van der Waals surface area contributed by atoms with Gasteiger partial charge in [-0.1, -0.05) is 38.5 Å². The molecule has 1 saturated carbocycles. The highest BCUT2D eigenvalue weighted by atomic mass is 32.2. The summed E-state index contributed by atoms with van der Waals surface area (Å²) in [5.74, 6) is 0.723. The predicted octanol–water partition coefficient (Wildman–Crippen LogP) is 4.38. The van der Waals surface area contributed by atoms with Crippen LogP contribution in [-0.2, 0) is 6.54 Å². The van der Waals surface area contributed by atoms with E-state index in [2.05, 4.69) is 51.2 Å². The summed E-state index contributed by atoms with van der Waals surface area (Å²) in [6, 6.07) is 7.65. The molecular weight excluding hydrogens is 238 g/mol. The number of nitrogens with one attached hydrogen (secondary N) is 1. The Labute approximate surface area is 116 Å². The van der Waals surface area contributed by atoms with Gasteiger partial charge in [-0.25, -0.2) is 0 Å². The summed E-state index contributed by atoms with van der Waals surface area (Å²) in [5.41, 5.74) is 2.84. The molecule has 0 heterocycles. The number of hydrogen-bond acceptors (Lipinski definition) is 2. The average molecular weight is 263 g/mol. The average Bonchev–Trinajstić information content (AvgIpc) is 3.13. The largest absolute Gasteiger partial charge is 0.310 e. The first-order chi connectivity index (χ1) is 8.56. The monoisotopic (exact) mass is 263 g/mol. The SMILES string of the molecule is Cc1ccc(SC(C)C(C)C)c(CNC2CC2)c1. The van der Waals surface area contributed by atoms with Crippen molar-refractivity contribution >= 4 is 11.8 Å². The molecule has 1 N–H and O–H groups in total. The third kappa shape index (κ3) is 4.03. The van der Waals surface area contributed by atoms with Crippen LogP contribution in [0.25, 0.3) is 0 Å². The van der Waals surface area contributed by atoms with Gasteiger partial charge in [0.2, 0.25) is 0 Å². The number of benzene rings is 1. The molecule has 1 nitrogen and oxygen atoms in total. The lowest BCUT2D eigenvalue weighted by Gasteiger charge is -2.18. The minimum atomic E-state index is 0.674. The maximum atomic E-state index is 3.63. The molecule has 18 heavy (non-hydrogen) atoms. The lowest BCUT2D eigenvalue weighted by molar-refractivity contribution is 0.640. The summed E-state index contributed by atoms with van der Waals surface area (Å²) in [4.78, 5) is 1.45. The molecule has 1 aliphatic rings. The number of hydrogen-bond donors (Lipinski definition) is 1. The van der Waals surface area contributed by atoms with Crippen LogP contribution < -0.4 is 5.32 Å². The van der Waals surface area contributed by atoms with E-state index in [0.29, 0.717) is 5.25 Å². The van der Waals surface area contributed by atoms with Crippen LogP contribution in [0.4, 0.5) is 0 Å². The molecular formula is C16H25NS. The van der Waals surface area contributed by atoms with Crippen LogP contribution in [-0.4, -0.2) is 11.3 Å². The Morgan fingerprint density at radius 2 is 2.00 bits per heavy atom. The minimum absolute atomic E-state index is 0.674. The first-order valence-corrected chi connectivity index (χ1v) is 7.94. The molecule has 2 rings (SSSR count). The van der Waals surface area contributed by atoms with E-state index < -0.39 is 0 Å². The number of thioether (sulfide) groups is 1. The molecule has 0 spiro atoms. The van der Waals surface area contributed by atoms with E-state index in [1.807, 2.05) is 11.8 Å². The summed E-state index contributed by atoms with van der Waals surface area (Å²) in [6.07, 6.45) is 2.72. The highest BCUT2D eigenvalue weighted by Crippen LogP contribution is 2.31. The van der Waals surface area contributed by atoms with Crippen molar-refractivity contribution in [2.24, 2.45) is 5.92 Å². The Kier molecular flexibility index (Phi) is 4.74. The number of rotatable bonds is 6. The van der Waals surface area contributed by atoms with Crippen molar-refractivity contribution in [1.29, 1.82) is 0 Å². The summed E-state index contributed by atoms with van der Waals surface area (Å²) < 4.78 is 0. The molecule has 2 heteroatoms. The molecule has 1 aromatic rings. The van der Waals surface area contributed by atoms with Gasteiger partial charge >= 0.3 is 0 Å². The summed E-state index contributed by atoms with van der Waals surface area (Å²) in [7, 11) is 0. The maximum Gasteiger partial charge on any atom is 0.0219 e. The van der Waals surface area contributed by atoms with Crippen molar-refractivity contribution in [3.8, 4) is 0 Å². The zero-order chi connectivity index (χ0) is 13.1. The first kappa shape index (κ1) is 14.0. The van der Waals surface area contributed by atoms with Gasteiger partial charge in [0.15, 0.2) is 0 Å². The van der Waals surface area contributed by atoms with E-state index in [1.165, 1.54) is 28.9 Å². The fraction of sp³-hybridized carbons (Fsp3) is 0.625. The molecule has 1 fully saturated rings. The zero-order valence-electron chi connectivity index (χ0n) is 12.0. The second-order valence-corrected chi connectivity index (χ2v) is 7.25. The van der Waals surface area contributed by atoms with E-state index >= 15 is 0 Å². The van der Waals surface area contributed by atoms with E-state index in [9.17, 15) is 0 Å². The van der Waals surface area contributed by atoms with Crippen LogP contribution in [0.5, 0.6) is 0 Å². The third-order valence-corrected chi connectivity index (χ3v) is 5.19. The molecule has 100 valence electrons. The molecule has 1 atom stereocenters. The van der Waals surface area contributed by atoms with Crippen LogP contribution in [0.1, 0.15) is 44.7 Å². The Balaban J connectivity index is 2.06. The fourth-order valence-corrected chi connectivity index (χ4v) is 2.94. The van der Waals surface area contributed by atoms with Crippen molar-refractivity contribution in [3.05, 3.63) is 29.3 Å². The van der Waals surface area contributed by atoms with Gasteiger partial charge in [-0.2, -0.15) is 0 Å². The van der Waals surface area contributed by atoms with Gasteiger partial charge in [-0.05, 0) is 37.3 Å². The molecule has 0 amide bonds. The van der Waals surface area contributed by atoms with Gasteiger partial charge in [0.1, 0.15) is 0 Å². The highest BCUT2D eigenvalue weighted by molar-refractivity contribution is 8.00. The van der Waals surface area contributed by atoms with Crippen LogP contribution >= 0.6 is 11.8 Å². The lowest BCUT2D eigenvalue weighted by Crippen LogP contribution is -2.16. The molecule has 1 aliphatic carbocycles. The fourth-order valence-electron chi connectivity index (χ4n) is 1.84. The molecule has 1 unspecified atom stereocenters. The van der Waals surface area contributed by atoms with Crippen LogP contribution in [0.15, 0.2) is 23.1 Å².